The molecule has 3 aromatic rings. The SMILES string of the molecule is Cc1nn(-c2ccccc2)c(C)c1CC(=O)N(Cc1nccs1)C1CC1. The minimum atomic E-state index is 0.168. The second-order valence-corrected chi connectivity index (χ2v) is 7.73. The van der Waals surface area contributed by atoms with Crippen molar-refractivity contribution in [2.45, 2.75) is 45.7 Å². The summed E-state index contributed by atoms with van der Waals surface area (Å²) in [6.07, 6.45) is 4.39. The van der Waals surface area contributed by atoms with Crippen LogP contribution in [0.5, 0.6) is 0 Å². The van der Waals surface area contributed by atoms with Crippen molar-refractivity contribution in [3.63, 3.8) is 0 Å². The van der Waals surface area contributed by atoms with Crippen LogP contribution in [0, 0.1) is 13.8 Å². The molecule has 1 saturated carbocycles. The van der Waals surface area contributed by atoms with Crippen molar-refractivity contribution in [3.8, 4) is 5.69 Å². The second kappa shape index (κ2) is 7.03. The van der Waals surface area contributed by atoms with E-state index in [1.807, 2.05) is 59.1 Å². The van der Waals surface area contributed by atoms with Gasteiger partial charge >= 0.3 is 0 Å². The van der Waals surface area contributed by atoms with Gasteiger partial charge in [0.25, 0.3) is 0 Å². The number of carbonyl (C=O) groups excluding carboxylic acids is 1. The molecule has 0 bridgehead atoms. The highest BCUT2D eigenvalue weighted by Gasteiger charge is 2.33. The fraction of sp³-hybridized carbons (Fsp3) is 0.350. The first-order valence-corrected chi connectivity index (χ1v) is 9.80. The van der Waals surface area contributed by atoms with E-state index in [2.05, 4.69) is 10.1 Å². The summed E-state index contributed by atoms with van der Waals surface area (Å²) in [4.78, 5) is 19.4. The second-order valence-electron chi connectivity index (χ2n) is 6.75. The summed E-state index contributed by atoms with van der Waals surface area (Å²) in [5.41, 5.74) is 4.01. The summed E-state index contributed by atoms with van der Waals surface area (Å²) in [7, 11) is 0. The lowest BCUT2D eigenvalue weighted by molar-refractivity contribution is -0.131. The Labute approximate surface area is 157 Å². The van der Waals surface area contributed by atoms with Gasteiger partial charge in [0.1, 0.15) is 5.01 Å². The van der Waals surface area contributed by atoms with E-state index in [0.29, 0.717) is 19.0 Å². The quantitative estimate of drug-likeness (QED) is 0.669. The number of benzene rings is 1. The maximum atomic E-state index is 13.0. The highest BCUT2D eigenvalue weighted by atomic mass is 32.1. The van der Waals surface area contributed by atoms with E-state index < -0.39 is 0 Å². The molecule has 5 nitrogen and oxygen atoms in total. The molecule has 0 atom stereocenters. The van der Waals surface area contributed by atoms with Gasteiger partial charge in [-0.3, -0.25) is 4.79 Å². The summed E-state index contributed by atoms with van der Waals surface area (Å²) >= 11 is 1.61. The van der Waals surface area contributed by atoms with Gasteiger partial charge in [0.2, 0.25) is 5.91 Å². The third kappa shape index (κ3) is 3.42. The van der Waals surface area contributed by atoms with Gasteiger partial charge in [-0.1, -0.05) is 18.2 Å². The first kappa shape index (κ1) is 17.0. The Morgan fingerprint density at radius 2 is 2.04 bits per heavy atom. The van der Waals surface area contributed by atoms with Gasteiger partial charge in [-0.2, -0.15) is 5.10 Å². The highest BCUT2D eigenvalue weighted by molar-refractivity contribution is 7.09. The number of nitrogens with zero attached hydrogens (tertiary/aromatic N) is 4. The van der Waals surface area contributed by atoms with Crippen LogP contribution in [0.15, 0.2) is 41.9 Å². The van der Waals surface area contributed by atoms with Crippen molar-refractivity contribution in [2.24, 2.45) is 0 Å². The van der Waals surface area contributed by atoms with Gasteiger partial charge in [-0.05, 0) is 38.8 Å². The number of hydrogen-bond donors (Lipinski definition) is 0. The predicted molar refractivity (Wildman–Crippen MR) is 102 cm³/mol. The minimum absolute atomic E-state index is 0.168. The van der Waals surface area contributed by atoms with Gasteiger partial charge in [-0.15, -0.1) is 11.3 Å². The molecule has 1 aliphatic rings. The number of aromatic nitrogens is 3. The van der Waals surface area contributed by atoms with E-state index in [0.717, 1.165) is 40.5 Å². The number of thiazole rings is 1. The van der Waals surface area contributed by atoms with E-state index in [1.165, 1.54) is 0 Å². The molecular formula is C20H22N4OS. The topological polar surface area (TPSA) is 51.0 Å². The molecule has 26 heavy (non-hydrogen) atoms. The number of aryl methyl sites for hydroxylation is 1. The molecular weight excluding hydrogens is 344 g/mol. The van der Waals surface area contributed by atoms with Crippen LogP contribution >= 0.6 is 11.3 Å². The van der Waals surface area contributed by atoms with Crippen molar-refractivity contribution in [3.05, 3.63) is 63.9 Å². The van der Waals surface area contributed by atoms with Gasteiger partial charge in [-0.25, -0.2) is 9.67 Å². The van der Waals surface area contributed by atoms with Crippen LogP contribution in [0.3, 0.4) is 0 Å². The Kier molecular flexibility index (Phi) is 4.59. The number of para-hydroxylation sites is 1. The largest absolute Gasteiger partial charge is 0.333 e. The Morgan fingerprint density at radius 1 is 1.27 bits per heavy atom. The molecule has 1 fully saturated rings. The molecule has 0 radical (unpaired) electrons. The summed E-state index contributed by atoms with van der Waals surface area (Å²) < 4.78 is 1.93. The standard InChI is InChI=1S/C20H22N4OS/c1-14-18(15(2)24(22-14)17-6-4-3-5-7-17)12-20(25)23(16-8-9-16)13-19-21-10-11-26-19/h3-7,10-11,16H,8-9,12-13H2,1-2H3. The van der Waals surface area contributed by atoms with Crippen LogP contribution in [-0.4, -0.2) is 31.6 Å². The van der Waals surface area contributed by atoms with E-state index >= 15 is 0 Å². The molecule has 0 N–H and O–H groups in total. The Hall–Kier alpha value is -2.47. The van der Waals surface area contributed by atoms with Crippen LogP contribution in [-0.2, 0) is 17.8 Å². The van der Waals surface area contributed by atoms with Crippen molar-refractivity contribution in [1.29, 1.82) is 0 Å². The first-order valence-electron chi connectivity index (χ1n) is 8.92. The molecule has 1 aliphatic carbocycles. The molecule has 1 amide bonds. The van der Waals surface area contributed by atoms with Crippen LogP contribution < -0.4 is 0 Å². The molecule has 4 rings (SSSR count). The number of carbonyl (C=O) groups is 1. The third-order valence-electron chi connectivity index (χ3n) is 4.87. The van der Waals surface area contributed by atoms with Crippen LogP contribution in [0.2, 0.25) is 0 Å². The van der Waals surface area contributed by atoms with E-state index in [-0.39, 0.29) is 5.91 Å². The Morgan fingerprint density at radius 3 is 2.69 bits per heavy atom. The maximum Gasteiger partial charge on any atom is 0.227 e. The number of rotatable bonds is 6. The van der Waals surface area contributed by atoms with Gasteiger partial charge < -0.3 is 4.90 Å². The summed E-state index contributed by atoms with van der Waals surface area (Å²) in [6, 6.07) is 10.4. The van der Waals surface area contributed by atoms with Gasteiger partial charge in [0.15, 0.2) is 0 Å². The molecule has 134 valence electrons. The van der Waals surface area contributed by atoms with Gasteiger partial charge in [0.05, 0.1) is 24.3 Å². The zero-order valence-corrected chi connectivity index (χ0v) is 15.9. The molecule has 0 aliphatic heterocycles. The van der Waals surface area contributed by atoms with E-state index in [9.17, 15) is 4.79 Å². The summed E-state index contributed by atoms with van der Waals surface area (Å²) in [6.45, 7) is 4.64. The van der Waals surface area contributed by atoms with Crippen molar-refractivity contribution in [1.82, 2.24) is 19.7 Å². The molecule has 0 saturated heterocycles. The maximum absolute atomic E-state index is 13.0. The lowest BCUT2D eigenvalue weighted by Crippen LogP contribution is -2.34. The van der Waals surface area contributed by atoms with Crippen LogP contribution in [0.4, 0.5) is 0 Å². The van der Waals surface area contributed by atoms with Crippen LogP contribution in [0.1, 0.15) is 34.8 Å². The molecule has 2 heterocycles. The Bertz CT molecular complexity index is 898. The molecule has 6 heteroatoms. The van der Waals surface area contributed by atoms with E-state index in [1.54, 1.807) is 17.5 Å². The third-order valence-corrected chi connectivity index (χ3v) is 5.63. The van der Waals surface area contributed by atoms with Crippen LogP contribution in [0.25, 0.3) is 5.69 Å². The fourth-order valence-electron chi connectivity index (χ4n) is 3.29. The van der Waals surface area contributed by atoms with Gasteiger partial charge in [0, 0.05) is 28.9 Å². The average Bonchev–Trinajstić information content (AvgIpc) is 3.29. The average molecular weight is 366 g/mol. The zero-order chi connectivity index (χ0) is 18.1. The lowest BCUT2D eigenvalue weighted by atomic mass is 10.1. The monoisotopic (exact) mass is 366 g/mol. The zero-order valence-electron chi connectivity index (χ0n) is 15.1. The fourth-order valence-corrected chi connectivity index (χ4v) is 3.90. The molecule has 0 unspecified atom stereocenters. The minimum Gasteiger partial charge on any atom is -0.333 e. The van der Waals surface area contributed by atoms with Crippen molar-refractivity contribution >= 4 is 17.2 Å². The first-order chi connectivity index (χ1) is 12.6. The molecule has 1 aromatic carbocycles. The highest BCUT2D eigenvalue weighted by Crippen LogP contribution is 2.30. The predicted octanol–water partition coefficient (Wildman–Crippen LogP) is 3.68. The molecule has 0 spiro atoms. The van der Waals surface area contributed by atoms with E-state index in [4.69, 9.17) is 0 Å². The van der Waals surface area contributed by atoms with Crippen molar-refractivity contribution < 1.29 is 4.79 Å². The van der Waals surface area contributed by atoms with Crippen molar-refractivity contribution in [2.75, 3.05) is 0 Å². The summed E-state index contributed by atoms with van der Waals surface area (Å²) in [5.74, 6) is 0.168. The molecule has 2 aromatic heterocycles. The Balaban J connectivity index is 1.56. The number of hydrogen-bond acceptors (Lipinski definition) is 4. The smallest absolute Gasteiger partial charge is 0.227 e. The lowest BCUT2D eigenvalue weighted by Gasteiger charge is -2.21. The summed E-state index contributed by atoms with van der Waals surface area (Å²) in [5, 5.41) is 7.62. The normalized spacial score (nSPS) is 13.8. The number of amides is 1.